The summed E-state index contributed by atoms with van der Waals surface area (Å²) in [4.78, 5) is 0. The summed E-state index contributed by atoms with van der Waals surface area (Å²) < 4.78 is 22.8. The van der Waals surface area contributed by atoms with Crippen LogP contribution in [0.4, 0.5) is 0 Å². The minimum Gasteiger partial charge on any atom is -0.228 e. The molecule has 0 radical (unpaired) electrons. The first-order chi connectivity index (χ1) is 6.64. The van der Waals surface area contributed by atoms with Crippen LogP contribution < -0.4 is 0 Å². The second kappa shape index (κ2) is 4.77. The Morgan fingerprint density at radius 1 is 1.21 bits per heavy atom. The number of hydrogen-bond donors (Lipinski definition) is 0. The Hall–Kier alpha value is -1.34. The fourth-order valence-corrected chi connectivity index (χ4v) is 2.35. The van der Waals surface area contributed by atoms with Gasteiger partial charge in [0, 0.05) is 6.42 Å². The van der Waals surface area contributed by atoms with Crippen LogP contribution in [0.15, 0.2) is 30.3 Å². The lowest BCUT2D eigenvalue weighted by atomic mass is 10.2. The third kappa shape index (κ3) is 3.58. The van der Waals surface area contributed by atoms with Crippen molar-refractivity contribution in [3.63, 3.8) is 0 Å². The molecular formula is C10H11NO2S. The molecule has 0 saturated heterocycles. The average Bonchev–Trinajstić information content (AvgIpc) is 2.16. The molecule has 0 aliphatic heterocycles. The van der Waals surface area contributed by atoms with Crippen molar-refractivity contribution < 1.29 is 8.42 Å². The lowest BCUT2D eigenvalue weighted by molar-refractivity contribution is 0.595. The molecule has 1 rings (SSSR count). The van der Waals surface area contributed by atoms with Crippen molar-refractivity contribution in [2.75, 3.05) is 5.75 Å². The summed E-state index contributed by atoms with van der Waals surface area (Å²) in [6.45, 7) is 0. The van der Waals surface area contributed by atoms with Crippen molar-refractivity contribution in [3.05, 3.63) is 35.9 Å². The van der Waals surface area contributed by atoms with Crippen molar-refractivity contribution >= 4 is 9.84 Å². The van der Waals surface area contributed by atoms with Gasteiger partial charge < -0.3 is 0 Å². The fourth-order valence-electron chi connectivity index (χ4n) is 1.10. The van der Waals surface area contributed by atoms with Crippen LogP contribution in [0, 0.1) is 11.3 Å². The highest BCUT2D eigenvalue weighted by Crippen LogP contribution is 2.06. The maximum Gasteiger partial charge on any atom is 0.155 e. The first-order valence-electron chi connectivity index (χ1n) is 4.25. The third-order valence-corrected chi connectivity index (χ3v) is 3.35. The van der Waals surface area contributed by atoms with Crippen LogP contribution in [0.2, 0.25) is 0 Å². The highest BCUT2D eigenvalue weighted by atomic mass is 32.2. The van der Waals surface area contributed by atoms with Gasteiger partial charge in [0.05, 0.1) is 17.6 Å². The van der Waals surface area contributed by atoms with Gasteiger partial charge in [0.15, 0.2) is 9.84 Å². The average molecular weight is 209 g/mol. The van der Waals surface area contributed by atoms with E-state index in [2.05, 4.69) is 0 Å². The zero-order chi connectivity index (χ0) is 10.4. The molecule has 0 N–H and O–H groups in total. The summed E-state index contributed by atoms with van der Waals surface area (Å²) in [5.41, 5.74) is 0.769. The number of benzene rings is 1. The molecule has 1 aromatic rings. The summed E-state index contributed by atoms with van der Waals surface area (Å²) >= 11 is 0. The first-order valence-corrected chi connectivity index (χ1v) is 6.07. The minimum absolute atomic E-state index is 0.0233. The zero-order valence-corrected chi connectivity index (χ0v) is 8.50. The standard InChI is InChI=1S/C10H11NO2S/c11-7-4-8-14(12,13)9-10-5-2-1-3-6-10/h1-3,5-6H,4,8-9H2. The Labute approximate surface area is 83.9 Å². The molecule has 0 aliphatic rings. The van der Waals surface area contributed by atoms with Gasteiger partial charge in [-0.25, -0.2) is 8.42 Å². The molecule has 3 nitrogen and oxygen atoms in total. The van der Waals surface area contributed by atoms with E-state index in [9.17, 15) is 8.42 Å². The number of rotatable bonds is 4. The quantitative estimate of drug-likeness (QED) is 0.755. The summed E-state index contributed by atoms with van der Waals surface area (Å²) in [6, 6.07) is 10.8. The van der Waals surface area contributed by atoms with Crippen LogP contribution in [0.1, 0.15) is 12.0 Å². The molecule has 0 unspecified atom stereocenters. The van der Waals surface area contributed by atoms with E-state index in [1.807, 2.05) is 12.1 Å². The molecule has 0 fully saturated rings. The van der Waals surface area contributed by atoms with Crippen molar-refractivity contribution in [1.82, 2.24) is 0 Å². The van der Waals surface area contributed by atoms with Crippen LogP contribution >= 0.6 is 0 Å². The molecule has 0 spiro atoms. The van der Waals surface area contributed by atoms with E-state index in [0.717, 1.165) is 5.56 Å². The van der Waals surface area contributed by atoms with Gasteiger partial charge in [-0.1, -0.05) is 30.3 Å². The second-order valence-corrected chi connectivity index (χ2v) is 5.17. The van der Waals surface area contributed by atoms with Gasteiger partial charge in [0.2, 0.25) is 0 Å². The molecule has 0 aromatic heterocycles. The lowest BCUT2D eigenvalue weighted by Gasteiger charge is -2.01. The van der Waals surface area contributed by atoms with Crippen molar-refractivity contribution in [3.8, 4) is 6.07 Å². The van der Waals surface area contributed by atoms with Crippen LogP contribution in [0.25, 0.3) is 0 Å². The maximum atomic E-state index is 11.4. The number of hydrogen-bond acceptors (Lipinski definition) is 3. The predicted octanol–water partition coefficient (Wildman–Crippen LogP) is 1.52. The van der Waals surface area contributed by atoms with E-state index >= 15 is 0 Å². The van der Waals surface area contributed by atoms with Crippen molar-refractivity contribution in [2.24, 2.45) is 0 Å². The molecule has 0 bridgehead atoms. The molecule has 0 atom stereocenters. The Morgan fingerprint density at radius 2 is 1.86 bits per heavy atom. The second-order valence-electron chi connectivity index (χ2n) is 2.99. The maximum absolute atomic E-state index is 11.4. The number of nitrogens with zero attached hydrogens (tertiary/aromatic N) is 1. The van der Waals surface area contributed by atoms with Crippen molar-refractivity contribution in [2.45, 2.75) is 12.2 Å². The fraction of sp³-hybridized carbons (Fsp3) is 0.300. The molecule has 14 heavy (non-hydrogen) atoms. The van der Waals surface area contributed by atoms with Crippen LogP contribution in [0.3, 0.4) is 0 Å². The summed E-state index contributed by atoms with van der Waals surface area (Å²) in [5, 5.41) is 8.28. The summed E-state index contributed by atoms with van der Waals surface area (Å²) in [7, 11) is -3.12. The SMILES string of the molecule is N#CCCS(=O)(=O)Cc1ccccc1. The molecule has 0 saturated carbocycles. The Morgan fingerprint density at radius 3 is 2.43 bits per heavy atom. The molecule has 0 amide bonds. The van der Waals surface area contributed by atoms with Crippen molar-refractivity contribution in [1.29, 1.82) is 5.26 Å². The Bertz CT molecular complexity index is 417. The zero-order valence-electron chi connectivity index (χ0n) is 7.68. The molecule has 0 aliphatic carbocycles. The minimum atomic E-state index is -3.12. The largest absolute Gasteiger partial charge is 0.228 e. The Balaban J connectivity index is 2.66. The number of sulfone groups is 1. The normalized spacial score (nSPS) is 10.8. The van der Waals surface area contributed by atoms with Gasteiger partial charge in [0.25, 0.3) is 0 Å². The van der Waals surface area contributed by atoms with Gasteiger partial charge in [0.1, 0.15) is 0 Å². The smallest absolute Gasteiger partial charge is 0.155 e. The van der Waals surface area contributed by atoms with E-state index < -0.39 is 9.84 Å². The molecule has 4 heteroatoms. The highest BCUT2D eigenvalue weighted by molar-refractivity contribution is 7.90. The van der Waals surface area contributed by atoms with Crippen LogP contribution in [0.5, 0.6) is 0 Å². The van der Waals surface area contributed by atoms with Gasteiger partial charge in [-0.2, -0.15) is 5.26 Å². The number of nitriles is 1. The Kier molecular flexibility index (Phi) is 3.66. The van der Waals surface area contributed by atoms with E-state index in [4.69, 9.17) is 5.26 Å². The molecule has 74 valence electrons. The topological polar surface area (TPSA) is 57.9 Å². The van der Waals surface area contributed by atoms with Gasteiger partial charge >= 0.3 is 0 Å². The summed E-state index contributed by atoms with van der Waals surface area (Å²) in [6.07, 6.45) is 0.0646. The monoisotopic (exact) mass is 209 g/mol. The van der Waals surface area contributed by atoms with E-state index in [1.165, 1.54) is 0 Å². The van der Waals surface area contributed by atoms with E-state index in [-0.39, 0.29) is 17.9 Å². The van der Waals surface area contributed by atoms with Gasteiger partial charge in [-0.15, -0.1) is 0 Å². The van der Waals surface area contributed by atoms with E-state index in [1.54, 1.807) is 24.3 Å². The molecule has 0 heterocycles. The van der Waals surface area contributed by atoms with Crippen LogP contribution in [-0.4, -0.2) is 14.2 Å². The lowest BCUT2D eigenvalue weighted by Crippen LogP contribution is -2.08. The van der Waals surface area contributed by atoms with Gasteiger partial charge in [-0.3, -0.25) is 0 Å². The van der Waals surface area contributed by atoms with Gasteiger partial charge in [-0.05, 0) is 5.56 Å². The van der Waals surface area contributed by atoms with Crippen LogP contribution in [-0.2, 0) is 15.6 Å². The van der Waals surface area contributed by atoms with E-state index in [0.29, 0.717) is 0 Å². The third-order valence-electron chi connectivity index (χ3n) is 1.75. The predicted molar refractivity (Wildman–Crippen MR) is 54.2 cm³/mol. The first kappa shape index (κ1) is 10.7. The molecule has 1 aromatic carbocycles. The summed E-state index contributed by atoms with van der Waals surface area (Å²) in [5.74, 6) is -0.0338. The molecular weight excluding hydrogens is 198 g/mol. The highest BCUT2D eigenvalue weighted by Gasteiger charge is 2.10.